The van der Waals surface area contributed by atoms with Crippen LogP contribution in [0.3, 0.4) is 0 Å². The van der Waals surface area contributed by atoms with Gasteiger partial charge in [0.25, 0.3) is 0 Å². The number of nitrogens with one attached hydrogen (secondary N) is 1. The highest BCUT2D eigenvalue weighted by Gasteiger charge is 2.03. The van der Waals surface area contributed by atoms with Crippen molar-refractivity contribution in [1.29, 1.82) is 0 Å². The summed E-state index contributed by atoms with van der Waals surface area (Å²) in [7, 11) is 0. The Morgan fingerprint density at radius 1 is 1.33 bits per heavy atom. The van der Waals surface area contributed by atoms with Crippen LogP contribution in [0.15, 0.2) is 23.8 Å². The van der Waals surface area contributed by atoms with Gasteiger partial charge >= 0.3 is 0 Å². The van der Waals surface area contributed by atoms with Gasteiger partial charge in [-0.25, -0.2) is 15.0 Å². The molecule has 0 radical (unpaired) electrons. The highest BCUT2D eigenvalue weighted by atomic mass is 32.1. The first-order valence-electron chi connectivity index (χ1n) is 4.87. The van der Waals surface area contributed by atoms with Gasteiger partial charge in [-0.2, -0.15) is 0 Å². The van der Waals surface area contributed by atoms with Gasteiger partial charge in [-0.1, -0.05) is 6.92 Å². The van der Waals surface area contributed by atoms with Crippen LogP contribution in [0.4, 0.5) is 5.82 Å². The molecule has 0 unspecified atom stereocenters. The number of hydrogen-bond donors (Lipinski definition) is 1. The SMILES string of the molecule is CCCNc1ccnc(-c2nccs2)n1. The minimum atomic E-state index is 0.686. The topological polar surface area (TPSA) is 50.7 Å². The van der Waals surface area contributed by atoms with Crippen LogP contribution in [0.2, 0.25) is 0 Å². The van der Waals surface area contributed by atoms with E-state index in [-0.39, 0.29) is 0 Å². The Bertz CT molecular complexity index is 413. The lowest BCUT2D eigenvalue weighted by Gasteiger charge is -2.03. The Hall–Kier alpha value is -1.49. The molecule has 0 spiro atoms. The summed E-state index contributed by atoms with van der Waals surface area (Å²) in [6.45, 7) is 3.05. The van der Waals surface area contributed by atoms with E-state index in [1.54, 1.807) is 23.7 Å². The second-order valence-electron chi connectivity index (χ2n) is 3.03. The minimum absolute atomic E-state index is 0.686. The minimum Gasteiger partial charge on any atom is -0.370 e. The van der Waals surface area contributed by atoms with E-state index in [4.69, 9.17) is 0 Å². The highest BCUT2D eigenvalue weighted by molar-refractivity contribution is 7.12. The maximum atomic E-state index is 4.38. The molecule has 78 valence electrons. The lowest BCUT2D eigenvalue weighted by Crippen LogP contribution is -2.02. The van der Waals surface area contributed by atoms with E-state index < -0.39 is 0 Å². The zero-order valence-electron chi connectivity index (χ0n) is 8.47. The molecule has 0 aromatic carbocycles. The molecule has 1 N–H and O–H groups in total. The first-order valence-corrected chi connectivity index (χ1v) is 5.75. The van der Waals surface area contributed by atoms with E-state index in [1.807, 2.05) is 11.4 Å². The van der Waals surface area contributed by atoms with Gasteiger partial charge in [0, 0.05) is 24.3 Å². The van der Waals surface area contributed by atoms with Crippen molar-refractivity contribution in [3.63, 3.8) is 0 Å². The fourth-order valence-electron chi connectivity index (χ4n) is 1.15. The maximum absolute atomic E-state index is 4.38. The van der Waals surface area contributed by atoms with Gasteiger partial charge in [-0.3, -0.25) is 0 Å². The van der Waals surface area contributed by atoms with Crippen LogP contribution < -0.4 is 5.32 Å². The van der Waals surface area contributed by atoms with Crippen molar-refractivity contribution in [3.8, 4) is 10.8 Å². The summed E-state index contributed by atoms with van der Waals surface area (Å²) in [5.41, 5.74) is 0. The molecule has 0 saturated carbocycles. The van der Waals surface area contributed by atoms with Crippen molar-refractivity contribution < 1.29 is 0 Å². The molecule has 2 heterocycles. The summed E-state index contributed by atoms with van der Waals surface area (Å²) < 4.78 is 0. The monoisotopic (exact) mass is 220 g/mol. The van der Waals surface area contributed by atoms with Crippen LogP contribution in [0, 0.1) is 0 Å². The van der Waals surface area contributed by atoms with Gasteiger partial charge in [0.1, 0.15) is 5.82 Å². The summed E-state index contributed by atoms with van der Waals surface area (Å²) in [5.74, 6) is 1.54. The van der Waals surface area contributed by atoms with Gasteiger partial charge in [0.15, 0.2) is 10.8 Å². The van der Waals surface area contributed by atoms with E-state index in [0.29, 0.717) is 5.82 Å². The van der Waals surface area contributed by atoms with Crippen LogP contribution in [0.5, 0.6) is 0 Å². The van der Waals surface area contributed by atoms with Gasteiger partial charge < -0.3 is 5.32 Å². The molecule has 0 aliphatic heterocycles. The number of hydrogen-bond acceptors (Lipinski definition) is 5. The smallest absolute Gasteiger partial charge is 0.190 e. The Kier molecular flexibility index (Phi) is 3.24. The van der Waals surface area contributed by atoms with Crippen molar-refractivity contribution in [3.05, 3.63) is 23.8 Å². The standard InChI is InChI=1S/C10H12N4S/c1-2-4-11-8-3-5-12-9(14-8)10-13-6-7-15-10/h3,5-7H,2,4H2,1H3,(H,11,12,14). The fraction of sp³-hybridized carbons (Fsp3) is 0.300. The van der Waals surface area contributed by atoms with Gasteiger partial charge in [0.05, 0.1) is 0 Å². The highest BCUT2D eigenvalue weighted by Crippen LogP contribution is 2.18. The molecule has 0 bridgehead atoms. The van der Waals surface area contributed by atoms with Crippen LogP contribution in [-0.4, -0.2) is 21.5 Å². The van der Waals surface area contributed by atoms with Crippen molar-refractivity contribution >= 4 is 17.2 Å². The third-order valence-electron chi connectivity index (χ3n) is 1.84. The van der Waals surface area contributed by atoms with E-state index in [0.717, 1.165) is 23.8 Å². The fourth-order valence-corrected chi connectivity index (χ4v) is 1.72. The number of thiazole rings is 1. The molecular formula is C10H12N4S. The average Bonchev–Trinajstić information content (AvgIpc) is 2.80. The number of anilines is 1. The van der Waals surface area contributed by atoms with Gasteiger partial charge in [-0.05, 0) is 12.5 Å². The lowest BCUT2D eigenvalue weighted by molar-refractivity contribution is 0.965. The Balaban J connectivity index is 2.19. The lowest BCUT2D eigenvalue weighted by atomic mass is 10.4. The Labute approximate surface area is 92.4 Å². The normalized spacial score (nSPS) is 10.2. The van der Waals surface area contributed by atoms with Crippen LogP contribution in [0.25, 0.3) is 10.8 Å². The molecule has 0 aliphatic carbocycles. The molecule has 2 rings (SSSR count). The summed E-state index contributed by atoms with van der Waals surface area (Å²) in [4.78, 5) is 12.7. The summed E-state index contributed by atoms with van der Waals surface area (Å²) in [6.07, 6.45) is 4.59. The van der Waals surface area contributed by atoms with E-state index >= 15 is 0 Å². The second-order valence-corrected chi connectivity index (χ2v) is 3.92. The molecule has 4 nitrogen and oxygen atoms in total. The van der Waals surface area contributed by atoms with E-state index in [2.05, 4.69) is 27.2 Å². The predicted octanol–water partition coefficient (Wildman–Crippen LogP) is 2.42. The van der Waals surface area contributed by atoms with Crippen molar-refractivity contribution in [2.24, 2.45) is 0 Å². The van der Waals surface area contributed by atoms with Gasteiger partial charge in [-0.15, -0.1) is 11.3 Å². The number of rotatable bonds is 4. The molecule has 0 atom stereocenters. The molecule has 0 amide bonds. The quantitative estimate of drug-likeness (QED) is 0.859. The molecule has 0 aliphatic rings. The summed E-state index contributed by atoms with van der Waals surface area (Å²) in [6, 6.07) is 1.87. The predicted molar refractivity (Wildman–Crippen MR) is 61.9 cm³/mol. The average molecular weight is 220 g/mol. The maximum Gasteiger partial charge on any atom is 0.190 e. The third kappa shape index (κ3) is 2.50. The van der Waals surface area contributed by atoms with Crippen molar-refractivity contribution in [1.82, 2.24) is 15.0 Å². The van der Waals surface area contributed by atoms with Crippen LogP contribution in [0.1, 0.15) is 13.3 Å². The molecular weight excluding hydrogens is 208 g/mol. The molecule has 2 aromatic heterocycles. The zero-order chi connectivity index (χ0) is 10.5. The molecule has 0 saturated heterocycles. The van der Waals surface area contributed by atoms with Gasteiger partial charge in [0.2, 0.25) is 0 Å². The zero-order valence-corrected chi connectivity index (χ0v) is 9.29. The van der Waals surface area contributed by atoms with E-state index in [1.165, 1.54) is 0 Å². The molecule has 15 heavy (non-hydrogen) atoms. The molecule has 5 heteroatoms. The van der Waals surface area contributed by atoms with Crippen LogP contribution in [-0.2, 0) is 0 Å². The largest absolute Gasteiger partial charge is 0.370 e. The first kappa shape index (κ1) is 10.0. The number of nitrogens with zero attached hydrogens (tertiary/aromatic N) is 3. The van der Waals surface area contributed by atoms with Crippen molar-refractivity contribution in [2.45, 2.75) is 13.3 Å². The Morgan fingerprint density at radius 3 is 3.00 bits per heavy atom. The summed E-state index contributed by atoms with van der Waals surface area (Å²) in [5, 5.41) is 6.00. The Morgan fingerprint density at radius 2 is 2.27 bits per heavy atom. The van der Waals surface area contributed by atoms with E-state index in [9.17, 15) is 0 Å². The third-order valence-corrected chi connectivity index (χ3v) is 2.60. The molecule has 2 aromatic rings. The second kappa shape index (κ2) is 4.84. The molecule has 0 fully saturated rings. The summed E-state index contributed by atoms with van der Waals surface area (Å²) >= 11 is 1.54. The van der Waals surface area contributed by atoms with Crippen molar-refractivity contribution in [2.75, 3.05) is 11.9 Å². The van der Waals surface area contributed by atoms with Crippen LogP contribution >= 0.6 is 11.3 Å². The first-order chi connectivity index (χ1) is 7.40. The number of aromatic nitrogens is 3.